The van der Waals surface area contributed by atoms with Crippen LogP contribution in [-0.2, 0) is 46.4 Å². The molecule has 0 aromatic rings. The number of ether oxygens (including phenoxy) is 4. The van der Waals surface area contributed by atoms with Crippen LogP contribution < -0.4 is 0 Å². The van der Waals surface area contributed by atoms with Gasteiger partial charge in [-0.3, -0.25) is 19.2 Å². The first-order valence-electron chi connectivity index (χ1n) is 19.0. The number of cyclic esters (lactones) is 4. The number of hydrogen-bond acceptors (Lipinski definition) is 10. The van der Waals surface area contributed by atoms with Gasteiger partial charge in [0.1, 0.15) is 0 Å². The third-order valence-corrected chi connectivity index (χ3v) is 29.7. The number of carbonyl (C=O) groups excluding carboxylic acids is 4. The minimum atomic E-state index is -2.05. The molecule has 0 aromatic heterocycles. The van der Waals surface area contributed by atoms with Crippen LogP contribution in [0.3, 0.4) is 0 Å². The lowest BCUT2D eigenvalue weighted by atomic mass is 9.81. The maximum atomic E-state index is 12.4. The molecule has 14 heteroatoms. The summed E-state index contributed by atoms with van der Waals surface area (Å²) in [5, 5.41) is 0. The Kier molecular flexibility index (Phi) is 10.8. The van der Waals surface area contributed by atoms with Crippen LogP contribution in [0, 0.1) is 47.3 Å². The molecule has 10 nitrogen and oxygen atoms in total. The molecule has 2 aliphatic heterocycles. The zero-order valence-electron chi connectivity index (χ0n) is 31.0. The highest BCUT2D eigenvalue weighted by molar-refractivity contribution is 6.86. The quantitative estimate of drug-likeness (QED) is 0.0664. The van der Waals surface area contributed by atoms with Crippen LogP contribution in [0.5, 0.6) is 0 Å². The van der Waals surface area contributed by atoms with Gasteiger partial charge in [0, 0.05) is 26.4 Å². The van der Waals surface area contributed by atoms with Gasteiger partial charge in [-0.1, -0.05) is 0 Å². The summed E-state index contributed by atoms with van der Waals surface area (Å²) in [7, 11) is -7.91. The molecule has 6 rings (SSSR count). The van der Waals surface area contributed by atoms with E-state index in [1.807, 2.05) is 0 Å². The van der Waals surface area contributed by atoms with E-state index in [0.29, 0.717) is 24.3 Å². The summed E-state index contributed by atoms with van der Waals surface area (Å²) in [6, 6.07) is 2.09. The number of esters is 4. The van der Waals surface area contributed by atoms with Crippen molar-refractivity contribution in [3.05, 3.63) is 0 Å². The molecule has 0 radical (unpaired) electrons. The summed E-state index contributed by atoms with van der Waals surface area (Å²) in [5.41, 5.74) is 0.833. The first-order valence-corrected chi connectivity index (χ1v) is 31.2. The van der Waals surface area contributed by atoms with E-state index in [9.17, 15) is 19.2 Å². The molecule has 6 fully saturated rings. The Bertz CT molecular complexity index is 1210. The molecule has 0 amide bonds. The molecule has 0 aromatic carbocycles. The first-order chi connectivity index (χ1) is 22.9. The lowest BCUT2D eigenvalue weighted by molar-refractivity contribution is -0.156. The summed E-state index contributed by atoms with van der Waals surface area (Å²) in [5.74, 6) is -0.939. The van der Waals surface area contributed by atoms with E-state index < -0.39 is 33.3 Å². The maximum absolute atomic E-state index is 12.4. The molecule has 2 heterocycles. The Labute approximate surface area is 296 Å². The van der Waals surface area contributed by atoms with Crippen LogP contribution in [0.2, 0.25) is 75.5 Å². The topological polar surface area (TPSA) is 124 Å². The summed E-state index contributed by atoms with van der Waals surface area (Å²) >= 11 is 0. The van der Waals surface area contributed by atoms with E-state index in [-0.39, 0.29) is 71.2 Å². The van der Waals surface area contributed by atoms with Crippen LogP contribution in [0.4, 0.5) is 0 Å². The molecule has 10 atom stereocenters. The van der Waals surface area contributed by atoms with Crippen LogP contribution in [0.25, 0.3) is 0 Å². The Morgan fingerprint density at radius 1 is 0.510 bits per heavy atom. The van der Waals surface area contributed by atoms with Crippen molar-refractivity contribution < 1.29 is 46.4 Å². The molecule has 276 valence electrons. The zero-order valence-corrected chi connectivity index (χ0v) is 35.0. The average Bonchev–Trinajstić information content (AvgIpc) is 3.82. The molecule has 0 N–H and O–H groups in total. The van der Waals surface area contributed by atoms with E-state index in [4.69, 9.17) is 27.2 Å². The fraction of sp³-hybridized carbons (Fsp3) is 0.886. The van der Waals surface area contributed by atoms with Crippen molar-refractivity contribution in [3.63, 3.8) is 0 Å². The van der Waals surface area contributed by atoms with Crippen molar-refractivity contribution in [2.24, 2.45) is 47.3 Å². The van der Waals surface area contributed by atoms with Crippen molar-refractivity contribution in [2.75, 3.05) is 26.4 Å². The van der Waals surface area contributed by atoms with E-state index in [1.54, 1.807) is 0 Å². The third-order valence-electron chi connectivity index (χ3n) is 13.1. The van der Waals surface area contributed by atoms with Crippen molar-refractivity contribution in [3.8, 4) is 0 Å². The molecular formula is C35H60O10Si4. The number of rotatable bonds is 18. The summed E-state index contributed by atoms with van der Waals surface area (Å²) in [6.45, 7) is 21.3. The van der Waals surface area contributed by atoms with E-state index >= 15 is 0 Å². The second-order valence-corrected chi connectivity index (χ2v) is 35.9. The Morgan fingerprint density at radius 3 is 1.24 bits per heavy atom. The molecule has 2 saturated heterocycles. The summed E-state index contributed by atoms with van der Waals surface area (Å²) < 4.78 is 35.9. The minimum absolute atomic E-state index is 0.196. The number of carbonyl (C=O) groups is 4. The van der Waals surface area contributed by atoms with Gasteiger partial charge in [0.2, 0.25) is 0 Å². The third kappa shape index (κ3) is 7.72. The van der Waals surface area contributed by atoms with Gasteiger partial charge in [-0.15, -0.1) is 0 Å². The molecule has 4 saturated carbocycles. The van der Waals surface area contributed by atoms with Crippen LogP contribution in [0.1, 0.15) is 44.9 Å². The van der Waals surface area contributed by atoms with Gasteiger partial charge in [0.15, 0.2) is 33.3 Å². The van der Waals surface area contributed by atoms with Gasteiger partial charge in [-0.05, 0) is 144 Å². The number of hydrogen-bond donors (Lipinski definition) is 0. The van der Waals surface area contributed by atoms with Gasteiger partial charge < -0.3 is 27.2 Å². The van der Waals surface area contributed by atoms with Gasteiger partial charge in [0.05, 0.1) is 23.7 Å². The van der Waals surface area contributed by atoms with E-state index in [1.165, 1.54) is 0 Å². The highest BCUT2D eigenvalue weighted by atomic mass is 28.4. The monoisotopic (exact) mass is 752 g/mol. The van der Waals surface area contributed by atoms with Gasteiger partial charge in [-0.25, -0.2) is 0 Å². The van der Waals surface area contributed by atoms with Crippen LogP contribution in [0.15, 0.2) is 0 Å². The Balaban J connectivity index is 0.809. The molecule has 0 spiro atoms. The van der Waals surface area contributed by atoms with Crippen LogP contribution >= 0.6 is 0 Å². The standard InChI is InChI=1S/C35H60O10Si4/c1-46(2,44-48(5,6)26-20-22-18-24(26)30-28(22)32(36)42-34(30)38)16-10-14-40-12-9-13-41-15-11-17-47(3,4)45-49(7,8)27-21-23-19-25(27)31-29(23)33(37)43-35(31)39/h22-31H,9-21H2,1-8H3. The second kappa shape index (κ2) is 14.1. The Hall–Kier alpha value is -1.01. The van der Waals surface area contributed by atoms with Gasteiger partial charge in [-0.2, -0.15) is 0 Å². The molecule has 6 aliphatic rings. The van der Waals surface area contributed by atoms with Crippen LogP contribution in [-0.4, -0.2) is 83.6 Å². The van der Waals surface area contributed by atoms with Crippen molar-refractivity contribution >= 4 is 57.1 Å². The molecule has 10 unspecified atom stereocenters. The number of fused-ring (bicyclic) bond motifs is 10. The molecule has 4 aliphatic carbocycles. The highest BCUT2D eigenvalue weighted by Crippen LogP contribution is 2.64. The largest absolute Gasteiger partial charge is 0.455 e. The Morgan fingerprint density at radius 2 is 0.857 bits per heavy atom. The van der Waals surface area contributed by atoms with Gasteiger partial charge in [0.25, 0.3) is 0 Å². The first kappa shape index (κ1) is 37.7. The predicted octanol–water partition coefficient (Wildman–Crippen LogP) is 6.50. The molecule has 49 heavy (non-hydrogen) atoms. The molecule has 4 bridgehead atoms. The predicted molar refractivity (Wildman–Crippen MR) is 193 cm³/mol. The maximum Gasteiger partial charge on any atom is 0.317 e. The smallest absolute Gasteiger partial charge is 0.317 e. The summed E-state index contributed by atoms with van der Waals surface area (Å²) in [6.07, 6.45) is 6.80. The van der Waals surface area contributed by atoms with Crippen molar-refractivity contribution in [1.29, 1.82) is 0 Å². The van der Waals surface area contributed by atoms with Crippen molar-refractivity contribution in [1.82, 2.24) is 0 Å². The fourth-order valence-corrected chi connectivity index (χ4v) is 31.4. The second-order valence-electron chi connectivity index (χ2n) is 18.3. The normalized spacial score (nSPS) is 35.3. The lowest BCUT2D eigenvalue weighted by Gasteiger charge is -2.42. The van der Waals surface area contributed by atoms with E-state index in [0.717, 1.165) is 70.2 Å². The minimum Gasteiger partial charge on any atom is -0.455 e. The van der Waals surface area contributed by atoms with Crippen molar-refractivity contribution in [2.45, 2.75) is 120 Å². The highest BCUT2D eigenvalue weighted by Gasteiger charge is 2.67. The zero-order chi connectivity index (χ0) is 35.5. The average molecular weight is 753 g/mol. The van der Waals surface area contributed by atoms with Gasteiger partial charge >= 0.3 is 23.9 Å². The summed E-state index contributed by atoms with van der Waals surface area (Å²) in [4.78, 5) is 49.2. The SMILES string of the molecule is C[Si](C)(CCCOCCCOCCC[Si](C)(C)O[Si](C)(C)C1CC2CC1C1C(=O)OC(=O)C21)O[Si](C)(C)C1CC2CC1C1C(=O)OC(=O)C21. The molecular weight excluding hydrogens is 693 g/mol. The van der Waals surface area contributed by atoms with E-state index in [2.05, 4.69) is 52.4 Å². The lowest BCUT2D eigenvalue weighted by Crippen LogP contribution is -2.50. The fourth-order valence-electron chi connectivity index (χ4n) is 11.5.